The van der Waals surface area contributed by atoms with Crippen LogP contribution in [0.2, 0.25) is 0 Å². The molecule has 1 N–H and O–H groups in total. The Kier molecular flexibility index (Phi) is 3.99. The number of hydrogen-bond acceptors (Lipinski definition) is 3. The highest BCUT2D eigenvalue weighted by Gasteiger charge is 2.09. The lowest BCUT2D eigenvalue weighted by molar-refractivity contribution is 0.413. The zero-order chi connectivity index (χ0) is 13.0. The van der Waals surface area contributed by atoms with Crippen molar-refractivity contribution in [3.63, 3.8) is 0 Å². The summed E-state index contributed by atoms with van der Waals surface area (Å²) in [7, 11) is 3.69. The van der Waals surface area contributed by atoms with Crippen LogP contribution in [0.1, 0.15) is 24.4 Å². The van der Waals surface area contributed by atoms with E-state index in [9.17, 15) is 0 Å². The average Bonchev–Trinajstić information content (AvgIpc) is 2.82. The number of hydrogen-bond donors (Lipinski definition) is 1. The second kappa shape index (κ2) is 5.69. The summed E-state index contributed by atoms with van der Waals surface area (Å²) < 4.78 is 7.24. The molecule has 1 atom stereocenters. The van der Waals surface area contributed by atoms with Crippen molar-refractivity contribution in [3.05, 3.63) is 48.0 Å². The van der Waals surface area contributed by atoms with Crippen LogP contribution in [0, 0.1) is 0 Å². The fourth-order valence-electron chi connectivity index (χ4n) is 1.94. The quantitative estimate of drug-likeness (QED) is 0.878. The van der Waals surface area contributed by atoms with Gasteiger partial charge in [0.1, 0.15) is 11.6 Å². The van der Waals surface area contributed by atoms with Crippen molar-refractivity contribution in [2.45, 2.75) is 19.5 Å². The maximum atomic E-state index is 5.21. The number of rotatable bonds is 5. The lowest BCUT2D eigenvalue weighted by Crippen LogP contribution is -2.21. The molecule has 0 aliphatic heterocycles. The van der Waals surface area contributed by atoms with Crippen molar-refractivity contribution in [1.29, 1.82) is 0 Å². The third-order valence-electron chi connectivity index (χ3n) is 2.99. The summed E-state index contributed by atoms with van der Waals surface area (Å²) in [5.74, 6) is 1.93. The van der Waals surface area contributed by atoms with Crippen LogP contribution in [0.3, 0.4) is 0 Å². The van der Waals surface area contributed by atoms with E-state index in [4.69, 9.17) is 4.74 Å². The molecule has 0 fully saturated rings. The normalized spacial score (nSPS) is 12.4. The van der Waals surface area contributed by atoms with E-state index in [1.165, 1.54) is 5.56 Å². The summed E-state index contributed by atoms with van der Waals surface area (Å²) >= 11 is 0. The van der Waals surface area contributed by atoms with E-state index < -0.39 is 0 Å². The van der Waals surface area contributed by atoms with Gasteiger partial charge in [0.2, 0.25) is 0 Å². The largest absolute Gasteiger partial charge is 0.497 e. The smallest absolute Gasteiger partial charge is 0.125 e. The average molecular weight is 245 g/mol. The van der Waals surface area contributed by atoms with Crippen LogP contribution < -0.4 is 10.1 Å². The van der Waals surface area contributed by atoms with E-state index in [1.807, 2.05) is 42.2 Å². The van der Waals surface area contributed by atoms with Crippen LogP contribution in [0.5, 0.6) is 5.75 Å². The fraction of sp³-hybridized carbons (Fsp3) is 0.357. The van der Waals surface area contributed by atoms with Crippen molar-refractivity contribution >= 4 is 0 Å². The molecule has 1 aromatic heterocycles. The van der Waals surface area contributed by atoms with Crippen LogP contribution in [0.25, 0.3) is 0 Å². The monoisotopic (exact) mass is 245 g/mol. The van der Waals surface area contributed by atoms with Crippen molar-refractivity contribution < 1.29 is 4.74 Å². The summed E-state index contributed by atoms with van der Waals surface area (Å²) in [4.78, 5) is 4.34. The Morgan fingerprint density at radius 1 is 1.44 bits per heavy atom. The molecule has 0 saturated heterocycles. The predicted molar refractivity (Wildman–Crippen MR) is 71.5 cm³/mol. The van der Waals surface area contributed by atoms with Gasteiger partial charge in [-0.1, -0.05) is 12.1 Å². The lowest BCUT2D eigenvalue weighted by atomic mass is 10.2. The van der Waals surface area contributed by atoms with Crippen LogP contribution in [0.15, 0.2) is 36.7 Å². The number of nitrogens with zero attached hydrogens (tertiary/aromatic N) is 2. The number of aryl methyl sites for hydroxylation is 1. The molecule has 0 aliphatic carbocycles. The Hall–Kier alpha value is -1.81. The molecular formula is C14H19N3O. The number of ether oxygens (including phenoxy) is 1. The maximum absolute atomic E-state index is 5.21. The molecule has 96 valence electrons. The Morgan fingerprint density at radius 3 is 2.94 bits per heavy atom. The van der Waals surface area contributed by atoms with Gasteiger partial charge in [-0.2, -0.15) is 0 Å². The maximum Gasteiger partial charge on any atom is 0.125 e. The van der Waals surface area contributed by atoms with Gasteiger partial charge >= 0.3 is 0 Å². The first-order valence-electron chi connectivity index (χ1n) is 6.04. The van der Waals surface area contributed by atoms with Crippen molar-refractivity contribution in [3.8, 4) is 5.75 Å². The number of methoxy groups -OCH3 is 1. The molecule has 0 aliphatic rings. The van der Waals surface area contributed by atoms with Crippen LogP contribution in [-0.4, -0.2) is 16.7 Å². The van der Waals surface area contributed by atoms with E-state index in [-0.39, 0.29) is 6.04 Å². The second-order valence-corrected chi connectivity index (χ2v) is 4.35. The zero-order valence-electron chi connectivity index (χ0n) is 11.1. The van der Waals surface area contributed by atoms with Gasteiger partial charge in [0.05, 0.1) is 13.2 Å². The summed E-state index contributed by atoms with van der Waals surface area (Å²) in [5.41, 5.74) is 1.20. The van der Waals surface area contributed by atoms with Crippen molar-refractivity contribution in [2.24, 2.45) is 7.05 Å². The number of aromatic nitrogens is 2. The van der Waals surface area contributed by atoms with Gasteiger partial charge < -0.3 is 14.6 Å². The minimum Gasteiger partial charge on any atom is -0.497 e. The van der Waals surface area contributed by atoms with Crippen molar-refractivity contribution in [1.82, 2.24) is 14.9 Å². The van der Waals surface area contributed by atoms with Gasteiger partial charge in [-0.05, 0) is 24.6 Å². The summed E-state index contributed by atoms with van der Waals surface area (Å²) in [6, 6.07) is 8.29. The fourth-order valence-corrected chi connectivity index (χ4v) is 1.94. The van der Waals surface area contributed by atoms with Gasteiger partial charge in [0.15, 0.2) is 0 Å². The highest BCUT2D eigenvalue weighted by Crippen LogP contribution is 2.14. The molecule has 2 aromatic rings. The first-order valence-corrected chi connectivity index (χ1v) is 6.04. The van der Waals surface area contributed by atoms with E-state index >= 15 is 0 Å². The highest BCUT2D eigenvalue weighted by atomic mass is 16.5. The first kappa shape index (κ1) is 12.6. The van der Waals surface area contributed by atoms with Crippen LogP contribution >= 0.6 is 0 Å². The molecule has 4 nitrogen and oxygen atoms in total. The van der Waals surface area contributed by atoms with Crippen LogP contribution in [-0.2, 0) is 13.6 Å². The number of imidazole rings is 1. The topological polar surface area (TPSA) is 39.1 Å². The molecule has 1 heterocycles. The van der Waals surface area contributed by atoms with Gasteiger partial charge in [0, 0.05) is 26.0 Å². The Labute approximate surface area is 108 Å². The standard InChI is InChI=1S/C14H19N3O/c1-11(14-15-7-8-17(14)2)16-10-12-5-4-6-13(9-12)18-3/h4-9,11,16H,10H2,1-3H3. The van der Waals surface area contributed by atoms with Gasteiger partial charge in [-0.3, -0.25) is 0 Å². The highest BCUT2D eigenvalue weighted by molar-refractivity contribution is 5.28. The summed E-state index contributed by atoms with van der Waals surface area (Å²) in [5, 5.41) is 3.45. The third kappa shape index (κ3) is 2.90. The van der Waals surface area contributed by atoms with Crippen LogP contribution in [0.4, 0.5) is 0 Å². The molecule has 1 aromatic carbocycles. The van der Waals surface area contributed by atoms with E-state index in [0.717, 1.165) is 18.1 Å². The number of nitrogens with one attached hydrogen (secondary N) is 1. The van der Waals surface area contributed by atoms with Gasteiger partial charge in [0.25, 0.3) is 0 Å². The molecule has 0 amide bonds. The number of benzene rings is 1. The molecular weight excluding hydrogens is 226 g/mol. The van der Waals surface area contributed by atoms with E-state index in [2.05, 4.69) is 23.3 Å². The van der Waals surface area contributed by atoms with E-state index in [0.29, 0.717) is 0 Å². The minimum atomic E-state index is 0.219. The van der Waals surface area contributed by atoms with Crippen molar-refractivity contribution in [2.75, 3.05) is 7.11 Å². The predicted octanol–water partition coefficient (Wildman–Crippen LogP) is 2.28. The van der Waals surface area contributed by atoms with E-state index in [1.54, 1.807) is 7.11 Å². The van der Waals surface area contributed by atoms with Gasteiger partial charge in [-0.25, -0.2) is 4.98 Å². The molecule has 2 rings (SSSR count). The Bertz CT molecular complexity index is 507. The van der Waals surface area contributed by atoms with Gasteiger partial charge in [-0.15, -0.1) is 0 Å². The Balaban J connectivity index is 1.97. The summed E-state index contributed by atoms with van der Waals surface area (Å²) in [6.45, 7) is 2.91. The first-order chi connectivity index (χ1) is 8.70. The molecule has 4 heteroatoms. The zero-order valence-corrected chi connectivity index (χ0v) is 11.1. The molecule has 0 saturated carbocycles. The Morgan fingerprint density at radius 2 is 2.28 bits per heavy atom. The summed E-state index contributed by atoms with van der Waals surface area (Å²) in [6.07, 6.45) is 3.78. The SMILES string of the molecule is COc1cccc(CNC(C)c2nccn2C)c1. The molecule has 18 heavy (non-hydrogen) atoms. The lowest BCUT2D eigenvalue weighted by Gasteiger charge is -2.14. The minimum absolute atomic E-state index is 0.219. The second-order valence-electron chi connectivity index (χ2n) is 4.35. The molecule has 0 spiro atoms. The molecule has 0 radical (unpaired) electrons. The third-order valence-corrected chi connectivity index (χ3v) is 2.99. The molecule has 1 unspecified atom stereocenters. The molecule has 0 bridgehead atoms.